The number of thiophene rings is 1. The van der Waals surface area contributed by atoms with E-state index in [0.29, 0.717) is 24.5 Å². The summed E-state index contributed by atoms with van der Waals surface area (Å²) in [5, 5.41) is 1.95. The molecule has 27 heavy (non-hydrogen) atoms. The molecular weight excluding hydrogens is 356 g/mol. The van der Waals surface area contributed by atoms with Crippen LogP contribution in [-0.4, -0.2) is 46.8 Å². The molecule has 1 unspecified atom stereocenters. The molecule has 0 aromatic carbocycles. The standard InChI is InChI=1S/C22H32N2O2S/c1-2-16-7-9-18(10-8-16)24(19-11-12-19)21(25)17-5-3-13-23(15-17)22(26)20-6-4-14-27-20/h4,6,14,16-19H,2-3,5,7-13,15H2,1H3. The van der Waals surface area contributed by atoms with Crippen LogP contribution < -0.4 is 0 Å². The van der Waals surface area contributed by atoms with E-state index in [0.717, 1.165) is 30.2 Å². The van der Waals surface area contributed by atoms with Crippen LogP contribution in [0.1, 0.15) is 74.4 Å². The highest BCUT2D eigenvalue weighted by molar-refractivity contribution is 7.12. The van der Waals surface area contributed by atoms with Crippen LogP contribution in [0.2, 0.25) is 0 Å². The van der Waals surface area contributed by atoms with E-state index >= 15 is 0 Å². The quantitative estimate of drug-likeness (QED) is 0.742. The third-order valence-electron chi connectivity index (χ3n) is 6.77. The van der Waals surface area contributed by atoms with E-state index in [9.17, 15) is 9.59 Å². The molecule has 0 N–H and O–H groups in total. The summed E-state index contributed by atoms with van der Waals surface area (Å²) in [6, 6.07) is 4.73. The number of amides is 2. The van der Waals surface area contributed by atoms with Gasteiger partial charge in [0.2, 0.25) is 5.91 Å². The van der Waals surface area contributed by atoms with Crippen LogP contribution in [0.5, 0.6) is 0 Å². The van der Waals surface area contributed by atoms with Crippen molar-refractivity contribution in [2.45, 2.75) is 76.8 Å². The molecule has 3 fully saturated rings. The van der Waals surface area contributed by atoms with E-state index in [1.807, 2.05) is 22.4 Å². The molecule has 5 heteroatoms. The molecule has 3 aliphatic rings. The summed E-state index contributed by atoms with van der Waals surface area (Å²) in [5.41, 5.74) is 0. The third kappa shape index (κ3) is 4.23. The zero-order chi connectivity index (χ0) is 18.8. The van der Waals surface area contributed by atoms with Crippen molar-refractivity contribution in [3.63, 3.8) is 0 Å². The predicted octanol–water partition coefficient (Wildman–Crippen LogP) is 4.56. The van der Waals surface area contributed by atoms with Crippen LogP contribution in [0.15, 0.2) is 17.5 Å². The van der Waals surface area contributed by atoms with Crippen molar-refractivity contribution in [2.75, 3.05) is 13.1 Å². The van der Waals surface area contributed by atoms with E-state index < -0.39 is 0 Å². The molecule has 4 nitrogen and oxygen atoms in total. The topological polar surface area (TPSA) is 40.6 Å². The number of hydrogen-bond acceptors (Lipinski definition) is 3. The fraction of sp³-hybridized carbons (Fsp3) is 0.727. The first-order valence-electron chi connectivity index (χ1n) is 10.8. The van der Waals surface area contributed by atoms with Crippen LogP contribution in [0.25, 0.3) is 0 Å². The number of hydrogen-bond donors (Lipinski definition) is 0. The average molecular weight is 389 g/mol. The molecule has 148 valence electrons. The van der Waals surface area contributed by atoms with E-state index in [1.165, 1.54) is 56.3 Å². The Morgan fingerprint density at radius 1 is 1.11 bits per heavy atom. The number of nitrogens with zero attached hydrogens (tertiary/aromatic N) is 2. The first-order valence-corrected chi connectivity index (χ1v) is 11.7. The Morgan fingerprint density at radius 2 is 1.81 bits per heavy atom. The monoisotopic (exact) mass is 388 g/mol. The Hall–Kier alpha value is -1.36. The second-order valence-electron chi connectivity index (χ2n) is 8.63. The van der Waals surface area contributed by atoms with Crippen LogP contribution >= 0.6 is 11.3 Å². The van der Waals surface area contributed by atoms with Gasteiger partial charge in [-0.05, 0) is 68.7 Å². The Labute approximate surface area is 166 Å². The zero-order valence-electron chi connectivity index (χ0n) is 16.4. The van der Waals surface area contributed by atoms with Crippen molar-refractivity contribution in [3.8, 4) is 0 Å². The van der Waals surface area contributed by atoms with Gasteiger partial charge in [-0.15, -0.1) is 11.3 Å². The highest BCUT2D eigenvalue weighted by Gasteiger charge is 2.42. The fourth-order valence-electron chi connectivity index (χ4n) is 4.97. The molecule has 4 rings (SSSR count). The van der Waals surface area contributed by atoms with Crippen molar-refractivity contribution in [1.29, 1.82) is 0 Å². The summed E-state index contributed by atoms with van der Waals surface area (Å²) in [6.45, 7) is 3.67. The van der Waals surface area contributed by atoms with Gasteiger partial charge in [0, 0.05) is 25.2 Å². The Balaban J connectivity index is 1.41. The lowest BCUT2D eigenvalue weighted by Crippen LogP contribution is -2.51. The first kappa shape index (κ1) is 19.0. The van der Waals surface area contributed by atoms with Crippen LogP contribution in [0, 0.1) is 11.8 Å². The molecule has 2 heterocycles. The molecule has 1 aromatic rings. The summed E-state index contributed by atoms with van der Waals surface area (Å²) in [5.74, 6) is 1.28. The minimum absolute atomic E-state index is 0.00726. The number of carbonyl (C=O) groups excluding carboxylic acids is 2. The predicted molar refractivity (Wildman–Crippen MR) is 109 cm³/mol. The summed E-state index contributed by atoms with van der Waals surface area (Å²) >= 11 is 1.49. The lowest BCUT2D eigenvalue weighted by atomic mass is 9.83. The largest absolute Gasteiger partial charge is 0.337 e. The van der Waals surface area contributed by atoms with Gasteiger partial charge in [-0.3, -0.25) is 9.59 Å². The molecule has 0 bridgehead atoms. The first-order chi connectivity index (χ1) is 13.2. The number of piperidine rings is 1. The van der Waals surface area contributed by atoms with E-state index in [2.05, 4.69) is 11.8 Å². The molecule has 2 aliphatic carbocycles. The van der Waals surface area contributed by atoms with Gasteiger partial charge in [-0.2, -0.15) is 0 Å². The molecule has 0 spiro atoms. The van der Waals surface area contributed by atoms with Crippen LogP contribution in [-0.2, 0) is 4.79 Å². The van der Waals surface area contributed by atoms with Crippen molar-refractivity contribution in [2.24, 2.45) is 11.8 Å². The molecule has 2 amide bonds. The molecule has 1 atom stereocenters. The number of likely N-dealkylation sites (tertiary alicyclic amines) is 1. The minimum atomic E-state index is -0.00726. The summed E-state index contributed by atoms with van der Waals surface area (Å²) in [4.78, 5) is 31.2. The van der Waals surface area contributed by atoms with E-state index in [4.69, 9.17) is 0 Å². The smallest absolute Gasteiger partial charge is 0.263 e. The average Bonchev–Trinajstić information content (AvgIpc) is 3.39. The van der Waals surface area contributed by atoms with Gasteiger partial charge in [-0.1, -0.05) is 19.4 Å². The Kier molecular flexibility index (Phi) is 5.86. The molecule has 1 aliphatic heterocycles. The Bertz CT molecular complexity index is 647. The summed E-state index contributed by atoms with van der Waals surface area (Å²) < 4.78 is 0. The van der Waals surface area contributed by atoms with E-state index in [-0.39, 0.29) is 11.8 Å². The van der Waals surface area contributed by atoms with Crippen molar-refractivity contribution >= 4 is 23.2 Å². The molecular formula is C22H32N2O2S. The minimum Gasteiger partial charge on any atom is -0.337 e. The van der Waals surface area contributed by atoms with Gasteiger partial charge in [-0.25, -0.2) is 0 Å². The van der Waals surface area contributed by atoms with Crippen molar-refractivity contribution in [1.82, 2.24) is 9.80 Å². The molecule has 0 radical (unpaired) electrons. The SMILES string of the molecule is CCC1CCC(N(C(=O)C2CCCN(C(=O)c3cccs3)C2)C2CC2)CC1. The molecule has 1 aromatic heterocycles. The lowest BCUT2D eigenvalue weighted by molar-refractivity contribution is -0.141. The van der Waals surface area contributed by atoms with Gasteiger partial charge in [0.25, 0.3) is 5.91 Å². The lowest BCUT2D eigenvalue weighted by Gasteiger charge is -2.41. The van der Waals surface area contributed by atoms with Crippen LogP contribution in [0.3, 0.4) is 0 Å². The number of rotatable bonds is 5. The maximum Gasteiger partial charge on any atom is 0.263 e. The van der Waals surface area contributed by atoms with Gasteiger partial charge in [0.1, 0.15) is 0 Å². The van der Waals surface area contributed by atoms with Gasteiger partial charge in [0.05, 0.1) is 10.8 Å². The normalized spacial score (nSPS) is 28.8. The van der Waals surface area contributed by atoms with Crippen molar-refractivity contribution in [3.05, 3.63) is 22.4 Å². The highest BCUT2D eigenvalue weighted by Crippen LogP contribution is 2.38. The Morgan fingerprint density at radius 3 is 2.41 bits per heavy atom. The van der Waals surface area contributed by atoms with Gasteiger partial charge < -0.3 is 9.80 Å². The maximum atomic E-state index is 13.5. The van der Waals surface area contributed by atoms with Crippen molar-refractivity contribution < 1.29 is 9.59 Å². The van der Waals surface area contributed by atoms with Crippen LogP contribution in [0.4, 0.5) is 0 Å². The summed E-state index contributed by atoms with van der Waals surface area (Å²) in [7, 11) is 0. The number of carbonyl (C=O) groups is 2. The second-order valence-corrected chi connectivity index (χ2v) is 9.57. The van der Waals surface area contributed by atoms with Gasteiger partial charge >= 0.3 is 0 Å². The fourth-order valence-corrected chi connectivity index (χ4v) is 5.66. The maximum absolute atomic E-state index is 13.5. The van der Waals surface area contributed by atoms with E-state index in [1.54, 1.807) is 0 Å². The second kappa shape index (κ2) is 8.34. The zero-order valence-corrected chi connectivity index (χ0v) is 17.3. The third-order valence-corrected chi connectivity index (χ3v) is 7.63. The summed E-state index contributed by atoms with van der Waals surface area (Å²) in [6.07, 6.45) is 10.4. The highest BCUT2D eigenvalue weighted by atomic mass is 32.1. The molecule has 1 saturated heterocycles. The van der Waals surface area contributed by atoms with Gasteiger partial charge in [0.15, 0.2) is 0 Å². The molecule has 2 saturated carbocycles.